The molecule has 3 aliphatic rings. The second-order valence-corrected chi connectivity index (χ2v) is 15.2. The van der Waals surface area contributed by atoms with Crippen LogP contribution in [0, 0.1) is 34.3 Å². The van der Waals surface area contributed by atoms with E-state index < -0.39 is 40.6 Å². The molecule has 294 valence electrons. The number of amides is 1. The zero-order chi connectivity index (χ0) is 40.3. The van der Waals surface area contributed by atoms with Gasteiger partial charge < -0.3 is 20.7 Å². The summed E-state index contributed by atoms with van der Waals surface area (Å²) in [6.07, 6.45) is 1.41. The predicted octanol–water partition coefficient (Wildman–Crippen LogP) is 8.15. The second kappa shape index (κ2) is 16.9. The van der Waals surface area contributed by atoms with Gasteiger partial charge in [-0.2, -0.15) is 33.7 Å². The molecule has 3 fully saturated rings. The molecule has 3 N–H and O–H groups in total. The van der Waals surface area contributed by atoms with Crippen molar-refractivity contribution in [1.82, 2.24) is 24.8 Å². The molecule has 0 bridgehead atoms. The Bertz CT molecular complexity index is 2340. The van der Waals surface area contributed by atoms with Crippen LogP contribution in [-0.4, -0.2) is 82.7 Å². The maximum atomic E-state index is 15.9. The number of ether oxygens (including phenoxy) is 1. The van der Waals surface area contributed by atoms with Crippen molar-refractivity contribution in [1.29, 1.82) is 10.5 Å². The number of benzene rings is 2. The number of rotatable bonds is 5. The molecule has 3 aromatic heterocycles. The number of methoxy groups -OCH3 is 1. The number of hydrogen-bond donors (Lipinski definition) is 2. The van der Waals surface area contributed by atoms with Crippen molar-refractivity contribution in [2.24, 2.45) is 0 Å². The Morgan fingerprint density at radius 3 is 2.48 bits per heavy atom. The Balaban J connectivity index is 0.000000186. The zero-order valence-electron chi connectivity index (χ0n) is 30.1. The number of thiazole rings is 1. The molecule has 5 aromatic rings. The van der Waals surface area contributed by atoms with E-state index in [2.05, 4.69) is 25.2 Å². The normalized spacial score (nSPS) is 17.8. The molecular weight excluding hydrogens is 781 g/mol. The molecule has 6 heterocycles. The maximum absolute atomic E-state index is 15.9. The Morgan fingerprint density at radius 1 is 1.11 bits per heavy atom. The number of nitrogens with two attached hydrogens (primary N) is 1. The van der Waals surface area contributed by atoms with Gasteiger partial charge in [-0.3, -0.25) is 9.69 Å². The molecule has 3 aliphatic heterocycles. The minimum Gasteiger partial charge on any atom is -0.467 e. The van der Waals surface area contributed by atoms with Crippen molar-refractivity contribution < 1.29 is 35.9 Å². The van der Waals surface area contributed by atoms with E-state index in [1.54, 1.807) is 17.9 Å². The summed E-state index contributed by atoms with van der Waals surface area (Å²) in [7, 11) is 1.23. The third kappa shape index (κ3) is 8.16. The molecule has 2 unspecified atom stereocenters. The summed E-state index contributed by atoms with van der Waals surface area (Å²) < 4.78 is 90.2. The minimum absolute atomic E-state index is 0.0333. The Hall–Kier alpha value is -5.24. The SMILES string of the molecule is CCNc1nc(OC)nc2c(F)c(-c3ccc(F)c4sc(N)c(C#N)c34)c(C(F)(F)F)cc12.FC1CC2CCCN2C1.N#Cc1cnc(C(=O)N2CCCC2)s1. The van der Waals surface area contributed by atoms with Gasteiger partial charge in [-0.1, -0.05) is 17.4 Å². The summed E-state index contributed by atoms with van der Waals surface area (Å²) in [6.45, 7) is 5.48. The molecule has 0 aliphatic carbocycles. The minimum atomic E-state index is -5.00. The van der Waals surface area contributed by atoms with Crippen molar-refractivity contribution >= 4 is 60.4 Å². The van der Waals surface area contributed by atoms with Gasteiger partial charge in [-0.25, -0.2) is 18.2 Å². The number of nitrogens with zero attached hydrogens (tertiary/aromatic N) is 7. The molecule has 3 saturated heterocycles. The molecule has 8 rings (SSSR count). The monoisotopic (exact) mass is 815 g/mol. The molecule has 56 heavy (non-hydrogen) atoms. The molecule has 19 heteroatoms. The van der Waals surface area contributed by atoms with Gasteiger partial charge in [-0.15, -0.1) is 11.3 Å². The number of nitrogen functional groups attached to an aromatic ring is 1. The third-order valence-corrected chi connectivity index (χ3v) is 11.5. The first-order chi connectivity index (χ1) is 26.8. The smallest absolute Gasteiger partial charge is 0.417 e. The van der Waals surface area contributed by atoms with Gasteiger partial charge in [0.05, 0.1) is 29.1 Å². The van der Waals surface area contributed by atoms with Gasteiger partial charge in [0.15, 0.2) is 10.8 Å². The van der Waals surface area contributed by atoms with E-state index in [1.807, 2.05) is 6.07 Å². The van der Waals surface area contributed by atoms with Crippen molar-refractivity contribution in [2.45, 2.75) is 57.4 Å². The lowest BCUT2D eigenvalue weighted by molar-refractivity contribution is -0.137. The van der Waals surface area contributed by atoms with Crippen LogP contribution in [0.5, 0.6) is 6.01 Å². The van der Waals surface area contributed by atoms with E-state index in [1.165, 1.54) is 26.1 Å². The van der Waals surface area contributed by atoms with Crippen LogP contribution in [0.3, 0.4) is 0 Å². The number of nitrogens with one attached hydrogen (secondary N) is 1. The lowest BCUT2D eigenvalue weighted by atomic mass is 9.92. The van der Waals surface area contributed by atoms with Gasteiger partial charge in [0.2, 0.25) is 0 Å². The topological polar surface area (TPSA) is 157 Å². The van der Waals surface area contributed by atoms with Crippen LogP contribution < -0.4 is 15.8 Å². The van der Waals surface area contributed by atoms with E-state index >= 15 is 4.39 Å². The molecule has 0 saturated carbocycles. The van der Waals surface area contributed by atoms with E-state index in [9.17, 15) is 32.0 Å². The fraction of sp³-hybridized carbons (Fsp3) is 0.405. The largest absolute Gasteiger partial charge is 0.467 e. The van der Waals surface area contributed by atoms with Crippen LogP contribution in [0.25, 0.3) is 32.1 Å². The average molecular weight is 816 g/mol. The maximum Gasteiger partial charge on any atom is 0.417 e. The highest BCUT2D eigenvalue weighted by molar-refractivity contribution is 7.23. The summed E-state index contributed by atoms with van der Waals surface area (Å²) in [5.41, 5.74) is 2.59. The summed E-state index contributed by atoms with van der Waals surface area (Å²) in [6, 6.07) is 6.73. The molecule has 2 aromatic carbocycles. The van der Waals surface area contributed by atoms with Gasteiger partial charge in [0, 0.05) is 48.6 Å². The van der Waals surface area contributed by atoms with E-state index in [0.29, 0.717) is 33.8 Å². The standard InChI is InChI=1S/C21H14F5N5OS.C9H9N3OS.C7H12FN/c1-3-29-19-9-6-11(21(24,25)26)14(15(23)16(9)30-20(31-19)32-2)8-4-5-12(22)17-13(8)10(7-27)18(28)33-17;10-5-7-6-11-8(14-7)9(13)12-3-1-2-4-12;8-6-4-7-2-1-3-9(7)5-6/h4-6H,3,28H2,1-2H3,(H,29,30,31);6H,1-4H2;6-7H,1-5H2. The van der Waals surface area contributed by atoms with Crippen molar-refractivity contribution in [3.05, 3.63) is 57.0 Å². The van der Waals surface area contributed by atoms with Gasteiger partial charge in [0.1, 0.15) is 45.3 Å². The number of aromatic nitrogens is 3. The highest BCUT2D eigenvalue weighted by Crippen LogP contribution is 2.47. The number of alkyl halides is 4. The van der Waals surface area contributed by atoms with Crippen LogP contribution in [0.4, 0.5) is 37.2 Å². The first-order valence-electron chi connectivity index (χ1n) is 17.6. The summed E-state index contributed by atoms with van der Waals surface area (Å²) in [5.74, 6) is -2.19. The highest BCUT2D eigenvalue weighted by atomic mass is 32.1. The number of halogens is 6. The molecule has 2 atom stereocenters. The molecule has 0 radical (unpaired) electrons. The fourth-order valence-electron chi connectivity index (χ4n) is 7.10. The predicted molar refractivity (Wildman–Crippen MR) is 201 cm³/mol. The van der Waals surface area contributed by atoms with Crippen molar-refractivity contribution in [3.63, 3.8) is 0 Å². The van der Waals surface area contributed by atoms with Gasteiger partial charge >= 0.3 is 12.2 Å². The van der Waals surface area contributed by atoms with Crippen LogP contribution in [0.15, 0.2) is 24.4 Å². The molecule has 0 spiro atoms. The lowest BCUT2D eigenvalue weighted by Gasteiger charge is -2.18. The molecular formula is C37H35F6N9O2S2. The molecule has 11 nitrogen and oxygen atoms in total. The fourth-order valence-corrected chi connectivity index (χ4v) is 8.73. The van der Waals surface area contributed by atoms with Crippen LogP contribution in [-0.2, 0) is 6.18 Å². The van der Waals surface area contributed by atoms with Crippen LogP contribution in [0.2, 0.25) is 0 Å². The highest BCUT2D eigenvalue weighted by Gasteiger charge is 2.38. The van der Waals surface area contributed by atoms with Crippen LogP contribution >= 0.6 is 22.7 Å². The quantitative estimate of drug-likeness (QED) is 0.166. The number of nitriles is 2. The number of anilines is 2. The number of fused-ring (bicyclic) bond motifs is 3. The van der Waals surface area contributed by atoms with E-state index in [-0.39, 0.29) is 55.9 Å². The number of thiophene rings is 1. The van der Waals surface area contributed by atoms with E-state index in [0.717, 1.165) is 68.4 Å². The van der Waals surface area contributed by atoms with Crippen molar-refractivity contribution in [3.8, 4) is 29.3 Å². The van der Waals surface area contributed by atoms with Crippen LogP contribution in [0.1, 0.15) is 64.8 Å². The Morgan fingerprint density at radius 2 is 1.86 bits per heavy atom. The lowest BCUT2D eigenvalue weighted by Crippen LogP contribution is -2.27. The van der Waals surface area contributed by atoms with Crippen molar-refractivity contribution in [2.75, 3.05) is 50.9 Å². The zero-order valence-corrected chi connectivity index (χ0v) is 31.8. The van der Waals surface area contributed by atoms with E-state index in [4.69, 9.17) is 15.7 Å². The average Bonchev–Trinajstić information content (AvgIpc) is 4.02. The molecule has 1 amide bonds. The van der Waals surface area contributed by atoms with Gasteiger partial charge in [0.25, 0.3) is 5.91 Å². The summed E-state index contributed by atoms with van der Waals surface area (Å²) in [4.78, 5) is 28.1. The number of likely N-dealkylation sites (tertiary alicyclic amines) is 1. The van der Waals surface area contributed by atoms with Gasteiger partial charge in [-0.05, 0) is 63.3 Å². The summed E-state index contributed by atoms with van der Waals surface area (Å²) in [5, 5.41) is 20.8. The first kappa shape index (κ1) is 40.4. The first-order valence-corrected chi connectivity index (χ1v) is 19.3. The Kier molecular flexibility index (Phi) is 12.2. The number of carbonyl (C=O) groups is 1. The third-order valence-electron chi connectivity index (χ3n) is 9.59. The number of carbonyl (C=O) groups excluding carboxylic acids is 1. The Labute approximate surface area is 325 Å². The summed E-state index contributed by atoms with van der Waals surface area (Å²) >= 11 is 1.86. The second-order valence-electron chi connectivity index (χ2n) is 13.1. The number of hydrogen-bond acceptors (Lipinski definition) is 12.